The fourth-order valence-electron chi connectivity index (χ4n) is 0.607. The van der Waals surface area contributed by atoms with Gasteiger partial charge < -0.3 is 14.4 Å². The van der Waals surface area contributed by atoms with E-state index in [1.165, 1.54) is 6.92 Å². The number of carbonyl (C=O) groups excluding carboxylic acids is 1. The van der Waals surface area contributed by atoms with Crippen LogP contribution in [0, 0.1) is 11.8 Å². The molecule has 0 aliphatic carbocycles. The van der Waals surface area contributed by atoms with Crippen molar-refractivity contribution >= 4 is 16.1 Å². The third kappa shape index (κ3) is 6.90. The highest BCUT2D eigenvalue weighted by Crippen LogP contribution is 1.99. The Balaban J connectivity index is 4.16. The molecule has 0 aromatic heterocycles. The molecule has 0 heterocycles. The normalized spacial score (nSPS) is 12.5. The fraction of sp³-hybridized carbons (Fsp3) is 0.625. The molecule has 0 saturated carbocycles. The lowest BCUT2D eigenvalue weighted by molar-refractivity contribution is -0.135. The maximum absolute atomic E-state index is 10.9. The number of hydrogen-bond donors (Lipinski definition) is 2. The van der Waals surface area contributed by atoms with Crippen LogP contribution < -0.4 is 0 Å². The van der Waals surface area contributed by atoms with Crippen LogP contribution in [0.3, 0.4) is 0 Å². The molecule has 0 aliphatic heterocycles. The summed E-state index contributed by atoms with van der Waals surface area (Å²) in [5.41, 5.74) is 0. The van der Waals surface area contributed by atoms with Gasteiger partial charge in [-0.3, -0.25) is 4.79 Å². The second kappa shape index (κ2) is 6.40. The van der Waals surface area contributed by atoms with Crippen LogP contribution in [0.1, 0.15) is 13.3 Å². The van der Waals surface area contributed by atoms with Crippen molar-refractivity contribution in [2.24, 2.45) is 0 Å². The Labute approximate surface area is 88.0 Å². The molecule has 6 nitrogen and oxygen atoms in total. The van der Waals surface area contributed by atoms with Crippen LogP contribution in [0.5, 0.6) is 0 Å². The van der Waals surface area contributed by atoms with Gasteiger partial charge in [-0.1, -0.05) is 11.8 Å². The quantitative estimate of drug-likeness (QED) is 0.461. The lowest BCUT2D eigenvalue weighted by atomic mass is 10.2. The van der Waals surface area contributed by atoms with Gasteiger partial charge in [0.25, 0.3) is 0 Å². The SMILES string of the molecule is CCS(=O)(=O)OC(=O)CC(O)C#CCO. The van der Waals surface area contributed by atoms with E-state index in [4.69, 9.17) is 10.2 Å². The van der Waals surface area contributed by atoms with Gasteiger partial charge in [0.05, 0.1) is 12.2 Å². The standard InChI is InChI=1S/C8H12O6S/c1-2-15(12,13)14-8(11)6-7(10)4-3-5-9/h7,9-10H,2,5-6H2,1H3. The molecule has 0 amide bonds. The predicted octanol–water partition coefficient (Wildman–Crippen LogP) is -1.37. The fourth-order valence-corrected chi connectivity index (χ4v) is 1.08. The summed E-state index contributed by atoms with van der Waals surface area (Å²) in [5, 5.41) is 17.3. The summed E-state index contributed by atoms with van der Waals surface area (Å²) < 4.78 is 25.7. The Morgan fingerprint density at radius 1 is 1.53 bits per heavy atom. The minimum absolute atomic E-state index is 0.322. The first-order valence-corrected chi connectivity index (χ1v) is 5.71. The topological polar surface area (TPSA) is 101 Å². The van der Waals surface area contributed by atoms with E-state index in [2.05, 4.69) is 16.0 Å². The van der Waals surface area contributed by atoms with E-state index in [1.54, 1.807) is 0 Å². The highest BCUT2D eigenvalue weighted by Gasteiger charge is 2.17. The van der Waals surface area contributed by atoms with Gasteiger partial charge >= 0.3 is 16.1 Å². The number of hydrogen-bond acceptors (Lipinski definition) is 6. The average Bonchev–Trinajstić information content (AvgIpc) is 2.13. The number of aliphatic hydroxyl groups excluding tert-OH is 2. The molecule has 86 valence electrons. The van der Waals surface area contributed by atoms with Crippen molar-refractivity contribution in [3.63, 3.8) is 0 Å². The van der Waals surface area contributed by atoms with Crippen molar-refractivity contribution in [2.75, 3.05) is 12.4 Å². The molecule has 0 spiro atoms. The summed E-state index contributed by atoms with van der Waals surface area (Å²) >= 11 is 0. The van der Waals surface area contributed by atoms with Gasteiger partial charge in [-0.15, -0.1) is 0 Å². The van der Waals surface area contributed by atoms with Crippen molar-refractivity contribution in [2.45, 2.75) is 19.4 Å². The summed E-state index contributed by atoms with van der Waals surface area (Å²) in [6.45, 7) is 0.879. The van der Waals surface area contributed by atoms with Crippen LogP contribution in [0.15, 0.2) is 0 Å². The van der Waals surface area contributed by atoms with Gasteiger partial charge in [0.1, 0.15) is 12.7 Å². The van der Waals surface area contributed by atoms with Crippen molar-refractivity contribution < 1.29 is 27.6 Å². The van der Waals surface area contributed by atoms with E-state index in [1.807, 2.05) is 0 Å². The van der Waals surface area contributed by atoms with Crippen LogP contribution in [0.4, 0.5) is 0 Å². The lowest BCUT2D eigenvalue weighted by Gasteiger charge is -2.04. The summed E-state index contributed by atoms with van der Waals surface area (Å²) in [6, 6.07) is 0. The molecule has 0 aromatic carbocycles. The largest absolute Gasteiger partial charge is 0.384 e. The zero-order chi connectivity index (χ0) is 11.9. The third-order valence-corrected chi connectivity index (χ3v) is 2.43. The van der Waals surface area contributed by atoms with Crippen molar-refractivity contribution in [1.82, 2.24) is 0 Å². The highest BCUT2D eigenvalue weighted by molar-refractivity contribution is 7.87. The van der Waals surface area contributed by atoms with Crippen LogP contribution in [-0.4, -0.2) is 43.1 Å². The number of carbonyl (C=O) groups is 1. The van der Waals surface area contributed by atoms with E-state index in [9.17, 15) is 13.2 Å². The van der Waals surface area contributed by atoms with Crippen LogP contribution >= 0.6 is 0 Å². The Morgan fingerprint density at radius 3 is 2.60 bits per heavy atom. The van der Waals surface area contributed by atoms with Gasteiger partial charge in [0.2, 0.25) is 0 Å². The Kier molecular flexibility index (Phi) is 5.93. The molecule has 1 atom stereocenters. The molecule has 2 N–H and O–H groups in total. The smallest absolute Gasteiger partial charge is 0.325 e. The van der Waals surface area contributed by atoms with E-state index in [0.717, 1.165) is 0 Å². The van der Waals surface area contributed by atoms with E-state index >= 15 is 0 Å². The van der Waals surface area contributed by atoms with Gasteiger partial charge in [-0.2, -0.15) is 8.42 Å². The van der Waals surface area contributed by atoms with E-state index in [0.29, 0.717) is 0 Å². The predicted molar refractivity (Wildman–Crippen MR) is 51.0 cm³/mol. The Bertz CT molecular complexity index is 360. The summed E-state index contributed by atoms with van der Waals surface area (Å²) in [6.07, 6.45) is -1.89. The first-order chi connectivity index (χ1) is 6.91. The molecule has 7 heteroatoms. The maximum atomic E-state index is 10.9. The molecule has 0 rings (SSSR count). The highest BCUT2D eigenvalue weighted by atomic mass is 32.2. The third-order valence-electron chi connectivity index (χ3n) is 1.28. The lowest BCUT2D eigenvalue weighted by Crippen LogP contribution is -2.19. The summed E-state index contributed by atoms with van der Waals surface area (Å²) in [7, 11) is -3.84. The average molecular weight is 236 g/mol. The molecule has 1 unspecified atom stereocenters. The minimum Gasteiger partial charge on any atom is -0.384 e. The molecule has 0 bridgehead atoms. The van der Waals surface area contributed by atoms with Gasteiger partial charge in [-0.05, 0) is 6.92 Å². The molecular formula is C8H12O6S. The zero-order valence-corrected chi connectivity index (χ0v) is 8.95. The van der Waals surface area contributed by atoms with Gasteiger partial charge in [0.15, 0.2) is 0 Å². The zero-order valence-electron chi connectivity index (χ0n) is 8.13. The second-order valence-corrected chi connectivity index (χ2v) is 4.36. The molecule has 0 fully saturated rings. The molecule has 0 aliphatic rings. The van der Waals surface area contributed by atoms with E-state index in [-0.39, 0.29) is 5.75 Å². The van der Waals surface area contributed by atoms with Crippen molar-refractivity contribution in [3.8, 4) is 11.8 Å². The molecule has 0 aromatic rings. The number of rotatable bonds is 4. The molecule has 0 radical (unpaired) electrons. The monoisotopic (exact) mass is 236 g/mol. The molecular weight excluding hydrogens is 224 g/mol. The van der Waals surface area contributed by atoms with Crippen LogP contribution in [0.2, 0.25) is 0 Å². The van der Waals surface area contributed by atoms with Crippen molar-refractivity contribution in [1.29, 1.82) is 0 Å². The Hall–Kier alpha value is -1.10. The molecule has 0 saturated heterocycles. The maximum Gasteiger partial charge on any atom is 0.325 e. The van der Waals surface area contributed by atoms with Crippen LogP contribution in [0.25, 0.3) is 0 Å². The second-order valence-electron chi connectivity index (χ2n) is 2.50. The molecule has 15 heavy (non-hydrogen) atoms. The summed E-state index contributed by atoms with van der Waals surface area (Å²) in [5.74, 6) is 2.86. The number of aliphatic hydroxyl groups is 2. The first-order valence-electron chi connectivity index (χ1n) is 4.13. The van der Waals surface area contributed by atoms with Crippen molar-refractivity contribution in [3.05, 3.63) is 0 Å². The minimum atomic E-state index is -3.84. The Morgan fingerprint density at radius 2 is 2.13 bits per heavy atom. The first kappa shape index (κ1) is 13.9. The van der Waals surface area contributed by atoms with Gasteiger partial charge in [-0.25, -0.2) is 0 Å². The van der Waals surface area contributed by atoms with Crippen LogP contribution in [-0.2, 0) is 19.1 Å². The van der Waals surface area contributed by atoms with E-state index < -0.39 is 35.2 Å². The summed E-state index contributed by atoms with van der Waals surface area (Å²) in [4.78, 5) is 10.9. The van der Waals surface area contributed by atoms with Gasteiger partial charge in [0, 0.05) is 0 Å².